The second-order valence-electron chi connectivity index (χ2n) is 7.04. The van der Waals surface area contributed by atoms with Crippen molar-refractivity contribution in [3.63, 3.8) is 0 Å². The van der Waals surface area contributed by atoms with Gasteiger partial charge in [-0.25, -0.2) is 0 Å². The summed E-state index contributed by atoms with van der Waals surface area (Å²) in [6.07, 6.45) is 1.55. The van der Waals surface area contributed by atoms with Gasteiger partial charge in [-0.3, -0.25) is 9.59 Å². The Labute approximate surface area is 165 Å². The van der Waals surface area contributed by atoms with E-state index in [0.29, 0.717) is 18.0 Å². The summed E-state index contributed by atoms with van der Waals surface area (Å²) in [5, 5.41) is 6.20. The Morgan fingerprint density at radius 1 is 1.18 bits per heavy atom. The van der Waals surface area contributed by atoms with Gasteiger partial charge in [0, 0.05) is 30.9 Å². The van der Waals surface area contributed by atoms with Crippen LogP contribution < -0.4 is 20.3 Å². The molecule has 3 rings (SSSR count). The lowest BCUT2D eigenvalue weighted by atomic mass is 10.1. The second-order valence-corrected chi connectivity index (χ2v) is 7.04. The largest absolute Gasteiger partial charge is 0.481 e. The number of nitrogens with one attached hydrogen (secondary N) is 2. The number of carbonyl (C=O) groups is 2. The Morgan fingerprint density at radius 3 is 2.50 bits per heavy atom. The third-order valence-electron chi connectivity index (χ3n) is 4.73. The highest BCUT2D eigenvalue weighted by Gasteiger charge is 2.27. The van der Waals surface area contributed by atoms with Crippen LogP contribution in [0.15, 0.2) is 54.6 Å². The highest BCUT2D eigenvalue weighted by Crippen LogP contribution is 2.22. The van der Waals surface area contributed by atoms with Crippen molar-refractivity contribution in [2.45, 2.75) is 38.8 Å². The maximum Gasteiger partial charge on any atom is 0.267 e. The van der Waals surface area contributed by atoms with E-state index in [1.54, 1.807) is 11.8 Å². The summed E-state index contributed by atoms with van der Waals surface area (Å²) in [5.41, 5.74) is 1.49. The minimum Gasteiger partial charge on any atom is -0.481 e. The molecule has 1 saturated heterocycles. The monoisotopic (exact) mass is 381 g/mol. The van der Waals surface area contributed by atoms with E-state index in [1.165, 1.54) is 6.92 Å². The molecule has 0 aromatic heterocycles. The zero-order chi connectivity index (χ0) is 19.9. The first kappa shape index (κ1) is 19.9. The van der Waals surface area contributed by atoms with Crippen molar-refractivity contribution in [1.29, 1.82) is 0 Å². The van der Waals surface area contributed by atoms with Crippen LogP contribution in [0.3, 0.4) is 0 Å². The molecular weight excluding hydrogens is 354 g/mol. The van der Waals surface area contributed by atoms with Crippen molar-refractivity contribution in [3.8, 4) is 5.75 Å². The Hall–Kier alpha value is -2.86. The van der Waals surface area contributed by atoms with Gasteiger partial charge in [0.1, 0.15) is 5.75 Å². The number of hydrogen-bond donors (Lipinski definition) is 2. The van der Waals surface area contributed by atoms with Crippen LogP contribution in [-0.4, -0.2) is 37.0 Å². The zero-order valence-electron chi connectivity index (χ0n) is 16.4. The predicted octanol–water partition coefficient (Wildman–Crippen LogP) is 3.20. The number of amides is 2. The van der Waals surface area contributed by atoms with Crippen LogP contribution in [0.1, 0.15) is 26.7 Å². The summed E-state index contributed by atoms with van der Waals surface area (Å²) in [6.45, 7) is 4.80. The first-order chi connectivity index (χ1) is 13.5. The van der Waals surface area contributed by atoms with Gasteiger partial charge in [-0.05, 0) is 62.7 Å². The average Bonchev–Trinajstić information content (AvgIpc) is 3.20. The summed E-state index contributed by atoms with van der Waals surface area (Å²) < 4.78 is 5.85. The van der Waals surface area contributed by atoms with Gasteiger partial charge >= 0.3 is 0 Å². The lowest BCUT2D eigenvalue weighted by molar-refractivity contribution is -0.124. The molecule has 0 spiro atoms. The fourth-order valence-corrected chi connectivity index (χ4v) is 3.36. The molecule has 1 unspecified atom stereocenters. The van der Waals surface area contributed by atoms with Gasteiger partial charge in [-0.15, -0.1) is 0 Å². The minimum absolute atomic E-state index is 0.0927. The number of para-hydroxylation sites is 1. The summed E-state index contributed by atoms with van der Waals surface area (Å²) in [4.78, 5) is 26.2. The second kappa shape index (κ2) is 9.37. The van der Waals surface area contributed by atoms with Crippen LogP contribution in [0.4, 0.5) is 11.4 Å². The van der Waals surface area contributed by atoms with Crippen molar-refractivity contribution in [1.82, 2.24) is 5.32 Å². The van der Waals surface area contributed by atoms with Crippen molar-refractivity contribution in [2.75, 3.05) is 23.3 Å². The van der Waals surface area contributed by atoms with E-state index in [-0.39, 0.29) is 17.9 Å². The molecule has 148 valence electrons. The molecule has 0 saturated carbocycles. The number of carbonyl (C=O) groups excluding carboxylic acids is 2. The summed E-state index contributed by atoms with van der Waals surface area (Å²) in [5.74, 6) is 0.453. The number of ether oxygens (including phenoxy) is 1. The molecule has 2 aromatic carbocycles. The molecule has 1 aliphatic rings. The van der Waals surface area contributed by atoms with E-state index in [2.05, 4.69) is 10.6 Å². The van der Waals surface area contributed by atoms with Gasteiger partial charge in [-0.2, -0.15) is 0 Å². The first-order valence-corrected chi connectivity index (χ1v) is 9.67. The standard InChI is InChI=1S/C22H27N3O3/c1-16(28-21-8-4-3-5-9-21)22(27)25(15-19-7-6-14-23-19)20-12-10-18(11-13-20)24-17(2)26/h3-5,8-13,16,19,23H,6-7,14-15H2,1-2H3,(H,24,26)/t16-,19?/m1/s1. The molecule has 2 aromatic rings. The van der Waals surface area contributed by atoms with Crippen LogP contribution in [0.25, 0.3) is 0 Å². The number of rotatable bonds is 7. The predicted molar refractivity (Wildman–Crippen MR) is 111 cm³/mol. The zero-order valence-corrected chi connectivity index (χ0v) is 16.4. The molecule has 0 radical (unpaired) electrons. The van der Waals surface area contributed by atoms with Gasteiger partial charge in [0.2, 0.25) is 5.91 Å². The van der Waals surface area contributed by atoms with Crippen molar-refractivity contribution in [2.24, 2.45) is 0 Å². The normalized spacial score (nSPS) is 17.0. The maximum atomic E-state index is 13.2. The number of nitrogens with zero attached hydrogens (tertiary/aromatic N) is 1. The van der Waals surface area contributed by atoms with Crippen molar-refractivity contribution >= 4 is 23.2 Å². The summed E-state index contributed by atoms with van der Waals surface area (Å²) in [6, 6.07) is 17.0. The summed E-state index contributed by atoms with van der Waals surface area (Å²) >= 11 is 0. The molecule has 28 heavy (non-hydrogen) atoms. The van der Waals surface area contributed by atoms with E-state index in [0.717, 1.165) is 25.1 Å². The Morgan fingerprint density at radius 2 is 1.89 bits per heavy atom. The molecule has 0 aliphatic carbocycles. The quantitative estimate of drug-likeness (QED) is 0.773. The van der Waals surface area contributed by atoms with Crippen LogP contribution in [0.5, 0.6) is 5.75 Å². The Kier molecular flexibility index (Phi) is 6.66. The van der Waals surface area contributed by atoms with Crippen molar-refractivity contribution in [3.05, 3.63) is 54.6 Å². The van der Waals surface area contributed by atoms with Gasteiger partial charge in [0.05, 0.1) is 0 Å². The Balaban J connectivity index is 1.77. The maximum absolute atomic E-state index is 13.2. The number of anilines is 2. The summed E-state index contributed by atoms with van der Waals surface area (Å²) in [7, 11) is 0. The van der Waals surface area contributed by atoms with E-state index in [1.807, 2.05) is 54.6 Å². The SMILES string of the molecule is CC(=O)Nc1ccc(N(CC2CCCN2)C(=O)[C@@H](C)Oc2ccccc2)cc1. The van der Waals surface area contributed by atoms with Crippen molar-refractivity contribution < 1.29 is 14.3 Å². The van der Waals surface area contributed by atoms with Gasteiger partial charge in [0.25, 0.3) is 5.91 Å². The fourth-order valence-electron chi connectivity index (χ4n) is 3.36. The van der Waals surface area contributed by atoms with Crippen LogP contribution in [-0.2, 0) is 9.59 Å². The molecule has 0 bridgehead atoms. The Bertz CT molecular complexity index is 786. The minimum atomic E-state index is -0.612. The number of hydrogen-bond acceptors (Lipinski definition) is 4. The molecule has 2 atom stereocenters. The molecule has 6 nitrogen and oxygen atoms in total. The third-order valence-corrected chi connectivity index (χ3v) is 4.73. The number of benzene rings is 2. The highest BCUT2D eigenvalue weighted by atomic mass is 16.5. The highest BCUT2D eigenvalue weighted by molar-refractivity contribution is 5.97. The van der Waals surface area contributed by atoms with Gasteiger partial charge < -0.3 is 20.3 Å². The smallest absolute Gasteiger partial charge is 0.267 e. The third kappa shape index (κ3) is 5.33. The molecular formula is C22H27N3O3. The average molecular weight is 381 g/mol. The lowest BCUT2D eigenvalue weighted by Crippen LogP contribution is -2.46. The molecule has 1 fully saturated rings. The molecule has 2 amide bonds. The molecule has 6 heteroatoms. The van der Waals surface area contributed by atoms with Gasteiger partial charge in [0.15, 0.2) is 6.10 Å². The van der Waals surface area contributed by atoms with E-state index < -0.39 is 6.10 Å². The van der Waals surface area contributed by atoms with E-state index in [4.69, 9.17) is 4.74 Å². The topological polar surface area (TPSA) is 70.7 Å². The first-order valence-electron chi connectivity index (χ1n) is 9.67. The van der Waals surface area contributed by atoms with Crippen LogP contribution in [0.2, 0.25) is 0 Å². The lowest BCUT2D eigenvalue weighted by Gasteiger charge is -2.29. The van der Waals surface area contributed by atoms with Crippen LogP contribution in [0, 0.1) is 0 Å². The van der Waals surface area contributed by atoms with E-state index in [9.17, 15) is 9.59 Å². The van der Waals surface area contributed by atoms with E-state index >= 15 is 0 Å². The van der Waals surface area contributed by atoms with Crippen LogP contribution >= 0.6 is 0 Å². The molecule has 1 aliphatic heterocycles. The van der Waals surface area contributed by atoms with Gasteiger partial charge in [-0.1, -0.05) is 18.2 Å². The molecule has 2 N–H and O–H groups in total. The molecule has 1 heterocycles. The fraction of sp³-hybridized carbons (Fsp3) is 0.364.